The number of thiazole rings is 1. The fraction of sp³-hybridized carbons (Fsp3) is 0. The van der Waals surface area contributed by atoms with Crippen molar-refractivity contribution in [3.63, 3.8) is 0 Å². The number of aromatic nitrogens is 3. The molecule has 2 heterocycles. The lowest BCUT2D eigenvalue weighted by Crippen LogP contribution is -1.99. The molecule has 0 amide bonds. The van der Waals surface area contributed by atoms with Crippen LogP contribution in [0.25, 0.3) is 22.2 Å². The van der Waals surface area contributed by atoms with E-state index in [1.807, 2.05) is 0 Å². The lowest BCUT2D eigenvalue weighted by atomic mass is 10.1. The van der Waals surface area contributed by atoms with Crippen LogP contribution in [0, 0.1) is 0 Å². The Kier molecular flexibility index (Phi) is 2.81. The van der Waals surface area contributed by atoms with E-state index in [1.165, 1.54) is 17.4 Å². The van der Waals surface area contributed by atoms with E-state index >= 15 is 0 Å². The molecular formula is C12H7N3O3S. The lowest BCUT2D eigenvalue weighted by Gasteiger charge is -1.99. The van der Waals surface area contributed by atoms with Crippen LogP contribution in [0.2, 0.25) is 0 Å². The minimum Gasteiger partial charge on any atom is -0.478 e. The fourth-order valence-electron chi connectivity index (χ4n) is 1.62. The number of carboxylic acid groups (broad SMARTS) is 1. The highest BCUT2D eigenvalue weighted by Gasteiger charge is 2.17. The third kappa shape index (κ3) is 2.11. The van der Waals surface area contributed by atoms with Crippen molar-refractivity contribution in [2.75, 3.05) is 0 Å². The van der Waals surface area contributed by atoms with E-state index in [0.29, 0.717) is 11.4 Å². The van der Waals surface area contributed by atoms with Crippen LogP contribution in [-0.2, 0) is 0 Å². The first-order chi connectivity index (χ1) is 9.25. The zero-order valence-corrected chi connectivity index (χ0v) is 10.3. The second kappa shape index (κ2) is 4.62. The summed E-state index contributed by atoms with van der Waals surface area (Å²) in [6, 6.07) is 6.49. The molecule has 3 rings (SSSR count). The summed E-state index contributed by atoms with van der Waals surface area (Å²) in [6.07, 6.45) is 1.63. The van der Waals surface area contributed by atoms with Gasteiger partial charge in [-0.15, -0.1) is 11.3 Å². The van der Waals surface area contributed by atoms with Crippen LogP contribution in [0.15, 0.2) is 40.5 Å². The first-order valence-corrected chi connectivity index (χ1v) is 6.19. The number of hydrogen-bond acceptors (Lipinski definition) is 6. The van der Waals surface area contributed by atoms with Crippen molar-refractivity contribution in [3.8, 4) is 22.2 Å². The molecule has 7 heteroatoms. The summed E-state index contributed by atoms with van der Waals surface area (Å²) in [5.41, 5.74) is 2.19. The molecule has 0 saturated carbocycles. The molecule has 1 N–H and O–H groups in total. The van der Waals surface area contributed by atoms with Crippen LogP contribution in [0.1, 0.15) is 10.4 Å². The van der Waals surface area contributed by atoms with Gasteiger partial charge in [-0.3, -0.25) is 4.98 Å². The molecule has 0 aliphatic heterocycles. The van der Waals surface area contributed by atoms with Crippen molar-refractivity contribution >= 4 is 17.3 Å². The lowest BCUT2D eigenvalue weighted by molar-refractivity contribution is 0.0697. The Bertz CT molecular complexity index is 721. The highest BCUT2D eigenvalue weighted by atomic mass is 32.1. The molecule has 6 nitrogen and oxygen atoms in total. The van der Waals surface area contributed by atoms with Crippen molar-refractivity contribution in [1.82, 2.24) is 15.1 Å². The number of carbonyl (C=O) groups is 1. The third-order valence-electron chi connectivity index (χ3n) is 2.47. The Morgan fingerprint density at radius 1 is 1.32 bits per heavy atom. The number of nitrogens with zero attached hydrogens (tertiary/aromatic N) is 3. The van der Waals surface area contributed by atoms with Gasteiger partial charge in [-0.25, -0.2) is 4.79 Å². The Hall–Kier alpha value is -2.54. The topological polar surface area (TPSA) is 89.1 Å². The zero-order valence-electron chi connectivity index (χ0n) is 9.48. The van der Waals surface area contributed by atoms with Crippen LogP contribution < -0.4 is 0 Å². The number of aromatic carboxylic acids is 1. The maximum Gasteiger partial charge on any atom is 0.336 e. The first kappa shape index (κ1) is 11.5. The second-order valence-electron chi connectivity index (χ2n) is 3.64. The second-order valence-corrected chi connectivity index (χ2v) is 4.53. The van der Waals surface area contributed by atoms with Gasteiger partial charge >= 0.3 is 5.97 Å². The summed E-state index contributed by atoms with van der Waals surface area (Å²) in [7, 11) is 0. The molecule has 0 atom stereocenters. The van der Waals surface area contributed by atoms with E-state index in [0.717, 1.165) is 4.88 Å². The smallest absolute Gasteiger partial charge is 0.336 e. The molecule has 0 saturated heterocycles. The van der Waals surface area contributed by atoms with Crippen LogP contribution >= 0.6 is 11.3 Å². The number of hydrogen-bond donors (Lipinski definition) is 1. The van der Waals surface area contributed by atoms with Crippen molar-refractivity contribution in [2.45, 2.75) is 0 Å². The van der Waals surface area contributed by atoms with Crippen LogP contribution in [0.4, 0.5) is 0 Å². The average molecular weight is 273 g/mol. The Labute approximate surface area is 111 Å². The Balaban J connectivity index is 2.06. The maximum absolute atomic E-state index is 11.1. The van der Waals surface area contributed by atoms with Gasteiger partial charge in [-0.2, -0.15) is 4.98 Å². The maximum atomic E-state index is 11.1. The quantitative estimate of drug-likeness (QED) is 0.788. The van der Waals surface area contributed by atoms with Crippen molar-refractivity contribution in [3.05, 3.63) is 41.5 Å². The minimum absolute atomic E-state index is 0.127. The van der Waals surface area contributed by atoms with Gasteiger partial charge in [0.25, 0.3) is 5.89 Å². The van der Waals surface area contributed by atoms with Gasteiger partial charge in [0.05, 0.1) is 21.5 Å². The molecule has 94 valence electrons. The zero-order chi connectivity index (χ0) is 13.2. The predicted octanol–water partition coefficient (Wildman–Crippen LogP) is 2.56. The molecule has 0 aliphatic rings. The summed E-state index contributed by atoms with van der Waals surface area (Å²) >= 11 is 1.38. The SMILES string of the molecule is O=C(O)c1ccccc1-c1nc(-c2cncs2)no1. The molecule has 19 heavy (non-hydrogen) atoms. The average Bonchev–Trinajstić information content (AvgIpc) is 3.09. The van der Waals surface area contributed by atoms with Gasteiger partial charge in [0.1, 0.15) is 0 Å². The third-order valence-corrected chi connectivity index (χ3v) is 3.24. The molecule has 0 spiro atoms. The number of rotatable bonds is 3. The van der Waals surface area contributed by atoms with E-state index < -0.39 is 5.97 Å². The Morgan fingerprint density at radius 2 is 2.16 bits per heavy atom. The van der Waals surface area contributed by atoms with Crippen molar-refractivity contribution in [2.24, 2.45) is 0 Å². The van der Waals surface area contributed by atoms with E-state index in [1.54, 1.807) is 29.9 Å². The van der Waals surface area contributed by atoms with Gasteiger partial charge in [0.15, 0.2) is 0 Å². The van der Waals surface area contributed by atoms with Gasteiger partial charge < -0.3 is 9.63 Å². The number of benzene rings is 1. The molecule has 0 aliphatic carbocycles. The Morgan fingerprint density at radius 3 is 2.89 bits per heavy atom. The molecule has 2 aromatic heterocycles. The molecule has 0 bridgehead atoms. The first-order valence-electron chi connectivity index (χ1n) is 5.31. The van der Waals surface area contributed by atoms with Crippen LogP contribution in [0.5, 0.6) is 0 Å². The van der Waals surface area contributed by atoms with Gasteiger partial charge in [0.2, 0.25) is 5.82 Å². The minimum atomic E-state index is -1.03. The van der Waals surface area contributed by atoms with Crippen molar-refractivity contribution in [1.29, 1.82) is 0 Å². The number of carboxylic acids is 1. The van der Waals surface area contributed by atoms with E-state index in [2.05, 4.69) is 15.1 Å². The molecule has 3 aromatic rings. The van der Waals surface area contributed by atoms with E-state index in [-0.39, 0.29) is 11.5 Å². The summed E-state index contributed by atoms with van der Waals surface area (Å²) in [5, 5.41) is 12.9. The van der Waals surface area contributed by atoms with E-state index in [4.69, 9.17) is 9.63 Å². The summed E-state index contributed by atoms with van der Waals surface area (Å²) in [5.74, 6) is -0.452. The summed E-state index contributed by atoms with van der Waals surface area (Å²) in [4.78, 5) is 20.0. The molecule has 0 radical (unpaired) electrons. The van der Waals surface area contributed by atoms with Gasteiger partial charge in [0, 0.05) is 6.20 Å². The fourth-order valence-corrected chi connectivity index (χ4v) is 2.16. The van der Waals surface area contributed by atoms with Crippen LogP contribution in [-0.4, -0.2) is 26.2 Å². The molecular weight excluding hydrogens is 266 g/mol. The monoisotopic (exact) mass is 273 g/mol. The summed E-state index contributed by atoms with van der Waals surface area (Å²) in [6.45, 7) is 0. The highest BCUT2D eigenvalue weighted by molar-refractivity contribution is 7.13. The van der Waals surface area contributed by atoms with Gasteiger partial charge in [-0.05, 0) is 12.1 Å². The predicted molar refractivity (Wildman–Crippen MR) is 67.8 cm³/mol. The molecule has 0 unspecified atom stereocenters. The largest absolute Gasteiger partial charge is 0.478 e. The van der Waals surface area contributed by atoms with E-state index in [9.17, 15) is 4.79 Å². The van der Waals surface area contributed by atoms with Gasteiger partial charge in [-0.1, -0.05) is 17.3 Å². The molecule has 0 fully saturated rings. The van der Waals surface area contributed by atoms with Crippen LogP contribution in [0.3, 0.4) is 0 Å². The van der Waals surface area contributed by atoms with Crippen molar-refractivity contribution < 1.29 is 14.4 Å². The molecule has 1 aromatic carbocycles. The summed E-state index contributed by atoms with van der Waals surface area (Å²) < 4.78 is 5.12. The normalized spacial score (nSPS) is 10.5. The highest BCUT2D eigenvalue weighted by Crippen LogP contribution is 2.26. The standard InChI is InChI=1S/C12H7N3O3S/c16-12(17)8-4-2-1-3-7(8)11-14-10(15-18-11)9-5-13-6-19-9/h1-6H,(H,16,17).